The van der Waals surface area contributed by atoms with Crippen LogP contribution >= 0.6 is 0 Å². The topological polar surface area (TPSA) is 33.2 Å². The van der Waals surface area contributed by atoms with Crippen molar-refractivity contribution in [2.75, 3.05) is 4.81 Å². The molecule has 0 amide bonds. The minimum atomic E-state index is -2.22. The van der Waals surface area contributed by atoms with Gasteiger partial charge in [0.25, 0.3) is 5.82 Å². The van der Waals surface area contributed by atoms with Gasteiger partial charge in [-0.25, -0.2) is 9.55 Å². The second-order valence-electron chi connectivity index (χ2n) is 7.56. The highest BCUT2D eigenvalue weighted by atomic mass is 16.3. The molecule has 0 unspecified atom stereocenters. The molecule has 1 aliphatic heterocycles. The van der Waals surface area contributed by atoms with Crippen molar-refractivity contribution in [1.29, 1.82) is 0 Å². The number of aromatic nitrogens is 2. The molecule has 1 aromatic carbocycles. The van der Waals surface area contributed by atoms with Gasteiger partial charge in [-0.2, -0.15) is 0 Å². The Morgan fingerprint density at radius 3 is 2.79 bits per heavy atom. The van der Waals surface area contributed by atoms with Crippen molar-refractivity contribution in [3.8, 4) is 11.1 Å². The standard InChI is InChI=1S/C24H23BN3O/c1-16-14-27(4)23(12-20(16)18-8-6-5-7-9-18)28-15-22-21(13-25(28)3)19-11-10-17(2)26-24(19)29-22/h5-15H,1-4H3/q+1/i1D3. The maximum Gasteiger partial charge on any atom is 0.402 e. The molecule has 4 heterocycles. The van der Waals surface area contributed by atoms with Crippen LogP contribution in [0.15, 0.2) is 59.1 Å². The SMILES string of the molecule is [2H]C([2H])([2H])c1c[n+](C)c(N2C=c3oc4nc(C)ccc4c3=CB2C)cc1-c1ccccc1. The molecule has 0 radical (unpaired) electrons. The van der Waals surface area contributed by atoms with Gasteiger partial charge < -0.3 is 4.42 Å². The molecule has 0 bridgehead atoms. The third-order valence-electron chi connectivity index (χ3n) is 5.46. The summed E-state index contributed by atoms with van der Waals surface area (Å²) in [5.41, 5.74) is 4.19. The summed E-state index contributed by atoms with van der Waals surface area (Å²) in [5.74, 6) is 3.04. The molecule has 0 fully saturated rings. The lowest BCUT2D eigenvalue weighted by atomic mass is 9.61. The van der Waals surface area contributed by atoms with Crippen molar-refractivity contribution in [3.05, 3.63) is 76.6 Å². The predicted octanol–water partition coefficient (Wildman–Crippen LogP) is 3.14. The summed E-state index contributed by atoms with van der Waals surface area (Å²) in [6.07, 6.45) is 3.69. The first-order valence-corrected chi connectivity index (χ1v) is 9.70. The Kier molecular flexibility index (Phi) is 3.34. The zero-order valence-corrected chi connectivity index (χ0v) is 16.7. The quantitative estimate of drug-likeness (QED) is 0.394. The van der Waals surface area contributed by atoms with Gasteiger partial charge >= 0.3 is 6.85 Å². The lowest BCUT2D eigenvalue weighted by Gasteiger charge is -2.20. The number of nitrogens with zero attached hydrogens (tertiary/aromatic N) is 3. The van der Waals surface area contributed by atoms with E-state index in [0.717, 1.165) is 33.1 Å². The third-order valence-corrected chi connectivity index (χ3v) is 5.46. The van der Waals surface area contributed by atoms with Crippen molar-refractivity contribution in [2.24, 2.45) is 7.05 Å². The maximum atomic E-state index is 8.06. The summed E-state index contributed by atoms with van der Waals surface area (Å²) in [6.45, 7) is 1.87. The number of hydrogen-bond donors (Lipinski definition) is 0. The third kappa shape index (κ3) is 2.94. The van der Waals surface area contributed by atoms with Crippen LogP contribution in [0.2, 0.25) is 6.82 Å². The first kappa shape index (κ1) is 14.6. The number of hydrogen-bond acceptors (Lipinski definition) is 3. The monoisotopic (exact) mass is 383 g/mol. The van der Waals surface area contributed by atoms with Crippen molar-refractivity contribution < 1.29 is 13.1 Å². The van der Waals surface area contributed by atoms with Crippen molar-refractivity contribution >= 4 is 35.9 Å². The van der Waals surface area contributed by atoms with Crippen LogP contribution in [0.3, 0.4) is 0 Å². The number of benzene rings is 1. The summed E-state index contributed by atoms with van der Waals surface area (Å²) < 4.78 is 32.1. The Bertz CT molecular complexity index is 1460. The van der Waals surface area contributed by atoms with Crippen LogP contribution in [0.1, 0.15) is 15.4 Å². The minimum absolute atomic E-state index is 0.0399. The van der Waals surface area contributed by atoms with Crippen molar-refractivity contribution in [3.63, 3.8) is 0 Å². The number of pyridine rings is 2. The van der Waals surface area contributed by atoms with Crippen LogP contribution in [-0.4, -0.2) is 11.8 Å². The summed E-state index contributed by atoms with van der Waals surface area (Å²) in [7, 11) is 1.87. The largest absolute Gasteiger partial charge is 0.434 e. The molecule has 0 saturated heterocycles. The van der Waals surface area contributed by atoms with E-state index >= 15 is 0 Å². The van der Waals surface area contributed by atoms with E-state index in [2.05, 4.69) is 22.6 Å². The number of furan rings is 1. The van der Waals surface area contributed by atoms with Crippen molar-refractivity contribution in [2.45, 2.75) is 20.6 Å². The van der Waals surface area contributed by atoms with Crippen LogP contribution in [0.25, 0.3) is 34.4 Å². The molecule has 0 saturated carbocycles. The molecule has 0 N–H and O–H groups in total. The zero-order valence-electron chi connectivity index (χ0n) is 19.7. The number of aryl methyl sites for hydroxylation is 3. The van der Waals surface area contributed by atoms with Gasteiger partial charge in [-0.15, -0.1) is 0 Å². The van der Waals surface area contributed by atoms with Gasteiger partial charge in [-0.05, 0) is 49.4 Å². The highest BCUT2D eigenvalue weighted by Gasteiger charge is 2.30. The molecule has 0 aliphatic carbocycles. The zero-order chi connectivity index (χ0) is 22.6. The number of fused-ring (bicyclic) bond motifs is 3. The van der Waals surface area contributed by atoms with E-state index < -0.39 is 6.85 Å². The first-order chi connectivity index (χ1) is 15.2. The number of anilines is 1. The Hall–Kier alpha value is -3.34. The van der Waals surface area contributed by atoms with Crippen LogP contribution in [0.5, 0.6) is 0 Å². The van der Waals surface area contributed by atoms with E-state index in [1.807, 2.05) is 73.3 Å². The normalized spacial score (nSPS) is 15.2. The second kappa shape index (κ2) is 6.62. The molecule has 5 rings (SSSR count). The van der Waals surface area contributed by atoms with Gasteiger partial charge in [0.2, 0.25) is 5.71 Å². The maximum absolute atomic E-state index is 8.06. The molecule has 1 aliphatic rings. The molecule has 4 nitrogen and oxygen atoms in total. The molecule has 4 aromatic rings. The predicted molar refractivity (Wildman–Crippen MR) is 119 cm³/mol. The Morgan fingerprint density at radius 1 is 1.17 bits per heavy atom. The summed E-state index contributed by atoms with van der Waals surface area (Å²) in [4.78, 5) is 6.63. The van der Waals surface area contributed by atoms with Gasteiger partial charge in [0.1, 0.15) is 6.20 Å². The van der Waals surface area contributed by atoms with Crippen molar-refractivity contribution in [1.82, 2.24) is 4.98 Å². The Labute approximate surface area is 174 Å². The Balaban J connectivity index is 1.71. The van der Waals surface area contributed by atoms with Gasteiger partial charge in [0.05, 0.1) is 13.2 Å². The minimum Gasteiger partial charge on any atom is -0.434 e. The molecule has 0 atom stereocenters. The van der Waals surface area contributed by atoms with Crippen LogP contribution < -0.4 is 20.0 Å². The molecule has 142 valence electrons. The highest BCUT2D eigenvalue weighted by Crippen LogP contribution is 2.26. The van der Waals surface area contributed by atoms with Gasteiger partial charge in [-0.3, -0.25) is 4.81 Å². The van der Waals surface area contributed by atoms with Crippen LogP contribution in [0.4, 0.5) is 5.82 Å². The van der Waals surface area contributed by atoms with Gasteiger partial charge in [0.15, 0.2) is 5.42 Å². The Morgan fingerprint density at radius 2 is 2.00 bits per heavy atom. The fourth-order valence-corrected chi connectivity index (χ4v) is 3.97. The van der Waals surface area contributed by atoms with Gasteiger partial charge in [0, 0.05) is 26.5 Å². The molecule has 3 aromatic heterocycles. The highest BCUT2D eigenvalue weighted by molar-refractivity contribution is 6.77. The van der Waals surface area contributed by atoms with E-state index in [9.17, 15) is 0 Å². The van der Waals surface area contributed by atoms with E-state index in [1.54, 1.807) is 6.20 Å². The fraction of sp³-hybridized carbons (Fsp3) is 0.167. The van der Waals surface area contributed by atoms with E-state index in [4.69, 9.17) is 8.53 Å². The lowest BCUT2D eigenvalue weighted by molar-refractivity contribution is -0.658. The average molecular weight is 383 g/mol. The van der Waals surface area contributed by atoms with E-state index in [-0.39, 0.29) is 6.85 Å². The fourth-order valence-electron chi connectivity index (χ4n) is 3.97. The summed E-state index contributed by atoms with van der Waals surface area (Å²) >= 11 is 0. The molecule has 0 spiro atoms. The number of rotatable bonds is 2. The van der Waals surface area contributed by atoms with Crippen LogP contribution in [0, 0.1) is 13.8 Å². The smallest absolute Gasteiger partial charge is 0.402 e. The van der Waals surface area contributed by atoms with E-state index in [0.29, 0.717) is 16.8 Å². The summed E-state index contributed by atoms with van der Waals surface area (Å²) in [5, 5.41) is 2.04. The van der Waals surface area contributed by atoms with E-state index in [1.165, 1.54) is 0 Å². The lowest BCUT2D eigenvalue weighted by Crippen LogP contribution is -2.47. The molecular weight excluding hydrogens is 357 g/mol. The first-order valence-electron chi connectivity index (χ1n) is 11.2. The van der Waals surface area contributed by atoms with Crippen LogP contribution in [-0.2, 0) is 7.05 Å². The second-order valence-corrected chi connectivity index (χ2v) is 7.56. The molecular formula is C24H23BN3O+. The summed E-state index contributed by atoms with van der Waals surface area (Å²) in [6, 6.07) is 15.6. The molecule has 29 heavy (non-hydrogen) atoms. The average Bonchev–Trinajstić information content (AvgIpc) is 3.09. The van der Waals surface area contributed by atoms with Gasteiger partial charge in [-0.1, -0.05) is 36.3 Å². The molecule has 5 heteroatoms.